The number of para-hydroxylation sites is 1. The van der Waals surface area contributed by atoms with E-state index in [1.54, 1.807) is 10.9 Å². The largest absolute Gasteiger partial charge is 0.527 e. The van der Waals surface area contributed by atoms with E-state index in [1.165, 1.54) is 24.5 Å². The van der Waals surface area contributed by atoms with Crippen molar-refractivity contribution in [2.45, 2.75) is 12.5 Å². The zero-order chi connectivity index (χ0) is 20.6. The number of phosphoric ester groups is 1. The smallest absolute Gasteiger partial charge is 0.401 e. The van der Waals surface area contributed by atoms with E-state index in [1.807, 2.05) is 0 Å². The van der Waals surface area contributed by atoms with Crippen molar-refractivity contribution in [1.82, 2.24) is 19.5 Å². The number of nitrogens with two attached hydrogens (primary N) is 1. The number of rotatable bonds is 7. The Bertz CT molecular complexity index is 1080. The molecule has 12 heteroatoms. The van der Waals surface area contributed by atoms with Crippen LogP contribution in [0.5, 0.6) is 5.75 Å². The monoisotopic (exact) mass is 423 g/mol. The lowest BCUT2D eigenvalue weighted by Crippen LogP contribution is -2.42. The highest BCUT2D eigenvalue weighted by Crippen LogP contribution is 2.50. The molecule has 0 radical (unpaired) electrons. The van der Waals surface area contributed by atoms with Crippen LogP contribution < -0.4 is 10.3 Å². The minimum absolute atomic E-state index is 0.126. The maximum Gasteiger partial charge on any atom is 0.527 e. The highest BCUT2D eigenvalue weighted by Gasteiger charge is 2.44. The number of hydrogen-bond acceptors (Lipinski definition) is 8. The Morgan fingerprint density at radius 1 is 1.31 bits per heavy atom. The number of benzene rings is 1. The molecule has 0 spiro atoms. The Morgan fingerprint density at radius 2 is 2.10 bits per heavy atom. The maximum absolute atomic E-state index is 13.6. The van der Waals surface area contributed by atoms with Gasteiger partial charge >= 0.3 is 7.82 Å². The molecule has 154 valence electrons. The van der Waals surface area contributed by atoms with Gasteiger partial charge in [-0.1, -0.05) is 12.1 Å². The number of hydrogen-bond donors (Lipinski definition) is 3. The van der Waals surface area contributed by atoms with E-state index in [9.17, 15) is 19.0 Å². The molecule has 1 aromatic carbocycles. The van der Waals surface area contributed by atoms with Crippen LogP contribution in [0.3, 0.4) is 0 Å². The van der Waals surface area contributed by atoms with Crippen molar-refractivity contribution >= 4 is 24.8 Å². The highest BCUT2D eigenvalue weighted by molar-refractivity contribution is 7.47. The Morgan fingerprint density at radius 3 is 2.86 bits per heavy atom. The second kappa shape index (κ2) is 7.68. The molecule has 2 heterocycles. The van der Waals surface area contributed by atoms with E-state index in [4.69, 9.17) is 14.8 Å². The molecule has 0 bridgehead atoms. The zero-order valence-electron chi connectivity index (χ0n) is 15.1. The number of nitrogens with zero attached hydrogens (tertiary/aromatic N) is 4. The van der Waals surface area contributed by atoms with Gasteiger partial charge in [0.1, 0.15) is 11.8 Å². The van der Waals surface area contributed by atoms with Crippen molar-refractivity contribution < 1.29 is 28.0 Å². The van der Waals surface area contributed by atoms with Gasteiger partial charge in [0.25, 0.3) is 0 Å². The van der Waals surface area contributed by atoms with Crippen molar-refractivity contribution in [3.8, 4) is 5.75 Å². The van der Waals surface area contributed by atoms with E-state index in [0.29, 0.717) is 17.6 Å². The number of imidazole rings is 1. The topological polar surface area (TPSA) is 146 Å². The molecular weight excluding hydrogens is 404 g/mol. The summed E-state index contributed by atoms with van der Waals surface area (Å²) in [5.41, 5.74) is 6.82. The van der Waals surface area contributed by atoms with Crippen LogP contribution in [0, 0.1) is 17.7 Å². The number of aliphatic hydroxyl groups is 1. The number of aromatic nitrogens is 4. The van der Waals surface area contributed by atoms with Gasteiger partial charge in [0.05, 0.1) is 12.9 Å². The minimum Gasteiger partial charge on any atom is -0.401 e. The molecule has 1 aliphatic carbocycles. The zero-order valence-corrected chi connectivity index (χ0v) is 16.0. The van der Waals surface area contributed by atoms with E-state index in [0.717, 1.165) is 6.07 Å². The first-order valence-electron chi connectivity index (χ1n) is 8.85. The predicted molar refractivity (Wildman–Crippen MR) is 100 cm³/mol. The molecule has 0 saturated heterocycles. The Kier molecular flexibility index (Phi) is 5.22. The Balaban J connectivity index is 1.41. The van der Waals surface area contributed by atoms with E-state index >= 15 is 0 Å². The van der Waals surface area contributed by atoms with Crippen LogP contribution in [-0.2, 0) is 9.09 Å². The predicted octanol–water partition coefficient (Wildman–Crippen LogP) is 1.91. The molecule has 0 amide bonds. The first-order chi connectivity index (χ1) is 13.9. The summed E-state index contributed by atoms with van der Waals surface area (Å²) < 4.78 is 37.4. The standard InChI is InChI=1S/C17H19FN5O5P/c18-12-3-1-2-4-14(12)28-29(25,26)27-7-10-5-13(11(10)6-24)23-9-22-15-16(19)20-8-21-17(15)23/h1-4,8-11,13,24H,5-7H2,(H,25,26)(H2,19,20,21)/t10-,11+,13-/m1/s1. The summed E-state index contributed by atoms with van der Waals surface area (Å²) in [6, 6.07) is 5.12. The summed E-state index contributed by atoms with van der Waals surface area (Å²) in [6.45, 7) is -0.295. The lowest BCUT2D eigenvalue weighted by atomic mass is 9.70. The molecule has 3 aromatic rings. The average Bonchev–Trinajstić information content (AvgIpc) is 3.08. The molecule has 10 nitrogen and oxygen atoms in total. The van der Waals surface area contributed by atoms with Crippen LogP contribution in [0.4, 0.5) is 10.2 Å². The average molecular weight is 423 g/mol. The molecule has 4 atom stereocenters. The molecule has 1 saturated carbocycles. The summed E-state index contributed by atoms with van der Waals surface area (Å²) >= 11 is 0. The molecular formula is C17H19FN5O5P. The van der Waals surface area contributed by atoms with Gasteiger partial charge in [-0.05, 0) is 24.5 Å². The maximum atomic E-state index is 13.6. The lowest BCUT2D eigenvalue weighted by molar-refractivity contribution is -0.00495. The number of halogens is 1. The third kappa shape index (κ3) is 3.82. The van der Waals surface area contributed by atoms with Gasteiger partial charge in [-0.15, -0.1) is 0 Å². The number of anilines is 1. The van der Waals surface area contributed by atoms with E-state index < -0.39 is 13.6 Å². The molecule has 2 aromatic heterocycles. The summed E-state index contributed by atoms with van der Waals surface area (Å²) in [5, 5.41) is 9.79. The van der Waals surface area contributed by atoms with Crippen molar-refractivity contribution in [2.24, 2.45) is 11.8 Å². The van der Waals surface area contributed by atoms with Crippen LogP contribution >= 0.6 is 7.82 Å². The summed E-state index contributed by atoms with van der Waals surface area (Å²) in [5.74, 6) is -1.33. The normalized spacial score (nSPS) is 23.5. The van der Waals surface area contributed by atoms with Crippen molar-refractivity contribution in [3.05, 3.63) is 42.7 Å². The fourth-order valence-electron chi connectivity index (χ4n) is 3.53. The number of aliphatic hydroxyl groups excluding tert-OH is 1. The lowest BCUT2D eigenvalue weighted by Gasteiger charge is -2.44. The van der Waals surface area contributed by atoms with Gasteiger partial charge < -0.3 is 19.9 Å². The molecule has 4 rings (SSSR count). The third-order valence-electron chi connectivity index (χ3n) is 5.10. The third-order valence-corrected chi connectivity index (χ3v) is 6.00. The fraction of sp³-hybridized carbons (Fsp3) is 0.353. The van der Waals surface area contributed by atoms with E-state index in [-0.39, 0.29) is 42.7 Å². The number of fused-ring (bicyclic) bond motifs is 1. The number of nitrogen functional groups attached to an aromatic ring is 1. The molecule has 1 fully saturated rings. The van der Waals surface area contributed by atoms with Gasteiger partial charge in [0.15, 0.2) is 23.0 Å². The molecule has 0 aliphatic heterocycles. The summed E-state index contributed by atoms with van der Waals surface area (Å²) in [6.07, 6.45) is 3.48. The van der Waals surface area contributed by atoms with Gasteiger partial charge in [0.2, 0.25) is 0 Å². The van der Waals surface area contributed by atoms with Gasteiger partial charge in [0, 0.05) is 18.6 Å². The van der Waals surface area contributed by atoms with Gasteiger partial charge in [-0.3, -0.25) is 9.42 Å². The fourth-order valence-corrected chi connectivity index (χ4v) is 4.36. The second-order valence-electron chi connectivity index (χ2n) is 6.78. The quantitative estimate of drug-likeness (QED) is 0.485. The van der Waals surface area contributed by atoms with Crippen molar-refractivity contribution in [3.63, 3.8) is 0 Å². The van der Waals surface area contributed by atoms with Crippen LogP contribution in [0.1, 0.15) is 12.5 Å². The van der Waals surface area contributed by atoms with Crippen LogP contribution in [0.15, 0.2) is 36.9 Å². The van der Waals surface area contributed by atoms with Crippen LogP contribution in [0.2, 0.25) is 0 Å². The molecule has 1 aliphatic rings. The van der Waals surface area contributed by atoms with Gasteiger partial charge in [-0.2, -0.15) is 0 Å². The first-order valence-corrected chi connectivity index (χ1v) is 10.3. The Labute approximate surface area is 164 Å². The second-order valence-corrected chi connectivity index (χ2v) is 8.16. The SMILES string of the molecule is Nc1ncnc2c1ncn2[C@@H]1C[C@H](COP(=O)(O)Oc2ccccc2F)[C@@H]1CO. The Hall–Kier alpha value is -2.59. The minimum atomic E-state index is -4.51. The highest BCUT2D eigenvalue weighted by atomic mass is 31.2. The van der Waals surface area contributed by atoms with E-state index in [2.05, 4.69) is 15.0 Å². The van der Waals surface area contributed by atoms with Crippen molar-refractivity contribution in [2.75, 3.05) is 18.9 Å². The molecule has 29 heavy (non-hydrogen) atoms. The van der Waals surface area contributed by atoms with Crippen molar-refractivity contribution in [1.29, 1.82) is 0 Å². The summed E-state index contributed by atoms with van der Waals surface area (Å²) in [7, 11) is -4.51. The summed E-state index contributed by atoms with van der Waals surface area (Å²) in [4.78, 5) is 22.2. The van der Waals surface area contributed by atoms with Gasteiger partial charge in [-0.25, -0.2) is 23.9 Å². The van der Waals surface area contributed by atoms with Crippen LogP contribution in [-0.4, -0.2) is 42.7 Å². The first kappa shape index (κ1) is 19.7. The number of phosphoric acid groups is 1. The molecule has 4 N–H and O–H groups in total. The van der Waals surface area contributed by atoms with Crippen LogP contribution in [0.25, 0.3) is 11.2 Å². The molecule has 1 unspecified atom stereocenters.